The molecule has 6 heteroatoms. The Morgan fingerprint density at radius 2 is 1.17 bits per heavy atom. The van der Waals surface area contributed by atoms with Crippen LogP contribution in [0.3, 0.4) is 0 Å². The summed E-state index contributed by atoms with van der Waals surface area (Å²) in [6, 6.07) is 26.9. The Kier molecular flexibility index (Phi) is 4.09. The molecule has 5 rings (SSSR count). The van der Waals surface area contributed by atoms with Gasteiger partial charge in [-0.1, -0.05) is 72.8 Å². The highest BCUT2D eigenvalue weighted by atomic mass is 16.2. The van der Waals surface area contributed by atoms with Crippen LogP contribution in [0.1, 0.15) is 11.1 Å². The lowest BCUT2D eigenvalue weighted by atomic mass is 10.2. The number of nitrogens with zero attached hydrogens (tertiary/aromatic N) is 4. The van der Waals surface area contributed by atoms with Gasteiger partial charge in [0, 0.05) is 0 Å². The molecule has 0 spiro atoms. The van der Waals surface area contributed by atoms with E-state index >= 15 is 0 Å². The highest BCUT2D eigenvalue weighted by Gasteiger charge is 2.18. The number of fused-ring (bicyclic) bond motifs is 3. The van der Waals surface area contributed by atoms with Gasteiger partial charge < -0.3 is 0 Å². The number of benzene rings is 3. The van der Waals surface area contributed by atoms with Crippen LogP contribution in [0.25, 0.3) is 16.8 Å². The molecule has 0 N–H and O–H groups in total. The molecule has 29 heavy (non-hydrogen) atoms. The lowest BCUT2D eigenvalue weighted by Gasteiger charge is -2.17. The average Bonchev–Trinajstić information content (AvgIpc) is 3.15. The summed E-state index contributed by atoms with van der Waals surface area (Å²) in [6.45, 7) is 0.720. The summed E-state index contributed by atoms with van der Waals surface area (Å²) in [5, 5.41) is 0. The van der Waals surface area contributed by atoms with Gasteiger partial charge in [0.2, 0.25) is 5.78 Å². The monoisotopic (exact) mass is 382 g/mol. The fourth-order valence-electron chi connectivity index (χ4n) is 3.64. The third kappa shape index (κ3) is 2.95. The van der Waals surface area contributed by atoms with E-state index in [1.54, 1.807) is 4.68 Å². The van der Waals surface area contributed by atoms with Gasteiger partial charge in [-0.15, -0.1) is 0 Å². The minimum absolute atomic E-state index is 0.293. The summed E-state index contributed by atoms with van der Waals surface area (Å²) in [6.07, 6.45) is 0. The molecule has 0 fully saturated rings. The van der Waals surface area contributed by atoms with Crippen LogP contribution in [0.2, 0.25) is 0 Å². The molecule has 0 unspecified atom stereocenters. The van der Waals surface area contributed by atoms with Crippen molar-refractivity contribution in [3.8, 4) is 0 Å². The zero-order chi connectivity index (χ0) is 19.8. The van der Waals surface area contributed by atoms with E-state index in [9.17, 15) is 9.59 Å². The van der Waals surface area contributed by atoms with E-state index in [1.807, 2.05) is 84.9 Å². The Morgan fingerprint density at radius 1 is 0.621 bits per heavy atom. The number of aromatic nitrogens is 4. The van der Waals surface area contributed by atoms with Crippen molar-refractivity contribution < 1.29 is 0 Å². The molecule has 2 heterocycles. The molecular weight excluding hydrogens is 364 g/mol. The smallest absolute Gasteiger partial charge is 0.262 e. The van der Waals surface area contributed by atoms with Crippen molar-refractivity contribution >= 4 is 16.8 Å². The molecule has 5 aromatic rings. The minimum atomic E-state index is -0.589. The Hall–Kier alpha value is -3.93. The summed E-state index contributed by atoms with van der Waals surface area (Å²) < 4.78 is 4.71. The number of hydrogen-bond donors (Lipinski definition) is 0. The molecule has 0 aliphatic carbocycles. The van der Waals surface area contributed by atoms with Crippen molar-refractivity contribution in [1.82, 2.24) is 18.7 Å². The van der Waals surface area contributed by atoms with Crippen LogP contribution >= 0.6 is 0 Å². The van der Waals surface area contributed by atoms with E-state index < -0.39 is 11.1 Å². The second-order valence-electron chi connectivity index (χ2n) is 6.93. The number of para-hydroxylation sites is 2. The summed E-state index contributed by atoms with van der Waals surface area (Å²) >= 11 is 0. The van der Waals surface area contributed by atoms with E-state index in [2.05, 4.69) is 4.98 Å². The molecule has 0 atom stereocenters. The van der Waals surface area contributed by atoms with Crippen molar-refractivity contribution in [2.45, 2.75) is 13.1 Å². The molecule has 0 radical (unpaired) electrons. The summed E-state index contributed by atoms with van der Waals surface area (Å²) in [5.74, 6) is 0.454. The van der Waals surface area contributed by atoms with Crippen LogP contribution in [0.15, 0.2) is 94.5 Å². The van der Waals surface area contributed by atoms with Crippen LogP contribution in [0, 0.1) is 0 Å². The molecule has 0 amide bonds. The third-order valence-electron chi connectivity index (χ3n) is 5.04. The average molecular weight is 382 g/mol. The van der Waals surface area contributed by atoms with Crippen molar-refractivity contribution in [1.29, 1.82) is 0 Å². The van der Waals surface area contributed by atoms with Crippen LogP contribution in [-0.4, -0.2) is 18.7 Å². The predicted molar refractivity (Wildman–Crippen MR) is 112 cm³/mol. The zero-order valence-electron chi connectivity index (χ0n) is 15.6. The molecule has 0 saturated carbocycles. The maximum absolute atomic E-state index is 13.1. The fourth-order valence-corrected chi connectivity index (χ4v) is 3.64. The first-order valence-electron chi connectivity index (χ1n) is 9.41. The van der Waals surface area contributed by atoms with E-state index in [4.69, 9.17) is 0 Å². The van der Waals surface area contributed by atoms with Crippen molar-refractivity contribution in [3.63, 3.8) is 0 Å². The zero-order valence-corrected chi connectivity index (χ0v) is 15.6. The minimum Gasteiger partial charge on any atom is -0.262 e. The predicted octanol–water partition coefficient (Wildman–Crippen LogP) is 2.91. The van der Waals surface area contributed by atoms with Crippen molar-refractivity contribution in [2.75, 3.05) is 0 Å². The summed E-state index contributed by atoms with van der Waals surface area (Å²) in [4.78, 5) is 30.8. The molecule has 6 nitrogen and oxygen atoms in total. The highest BCUT2D eigenvalue weighted by Crippen LogP contribution is 2.15. The molecule has 2 aromatic heterocycles. The van der Waals surface area contributed by atoms with Gasteiger partial charge in [-0.2, -0.15) is 0 Å². The van der Waals surface area contributed by atoms with Gasteiger partial charge in [0.1, 0.15) is 0 Å². The quantitative estimate of drug-likeness (QED) is 0.449. The Morgan fingerprint density at radius 3 is 1.83 bits per heavy atom. The summed E-state index contributed by atoms with van der Waals surface area (Å²) in [7, 11) is 0. The van der Waals surface area contributed by atoms with E-state index in [0.717, 1.165) is 11.1 Å². The second kappa shape index (κ2) is 6.91. The van der Waals surface area contributed by atoms with Crippen molar-refractivity contribution in [2.24, 2.45) is 0 Å². The first-order valence-corrected chi connectivity index (χ1v) is 9.41. The van der Waals surface area contributed by atoms with Gasteiger partial charge in [-0.3, -0.25) is 9.59 Å². The first-order chi connectivity index (χ1) is 14.2. The molecule has 142 valence electrons. The molecular formula is C23H18N4O2. The third-order valence-corrected chi connectivity index (χ3v) is 5.04. The Balaban J connectivity index is 1.83. The molecule has 0 aliphatic heterocycles. The van der Waals surface area contributed by atoms with Gasteiger partial charge in [0.25, 0.3) is 0 Å². The second-order valence-corrected chi connectivity index (χ2v) is 6.93. The van der Waals surface area contributed by atoms with Gasteiger partial charge in [-0.05, 0) is 23.3 Å². The summed E-state index contributed by atoms with van der Waals surface area (Å²) in [5.41, 5.74) is 2.12. The van der Waals surface area contributed by atoms with Crippen LogP contribution in [0.5, 0.6) is 0 Å². The standard InChI is InChI=1S/C23H18N4O2/c28-21-22(29)27-20-14-8-7-13-19(20)24-23(27)26(16-18-11-5-2-6-12-18)25(21)15-17-9-3-1-4-10-17/h1-14H,15-16H2. The van der Waals surface area contributed by atoms with Crippen LogP contribution in [-0.2, 0) is 13.1 Å². The Bertz CT molecular complexity index is 1430. The molecule has 0 saturated heterocycles. The maximum atomic E-state index is 13.1. The molecule has 0 aliphatic rings. The van der Waals surface area contributed by atoms with E-state index in [0.29, 0.717) is 29.9 Å². The largest absolute Gasteiger partial charge is 0.331 e. The van der Waals surface area contributed by atoms with Gasteiger partial charge in [0.05, 0.1) is 24.1 Å². The maximum Gasteiger partial charge on any atom is 0.331 e. The van der Waals surface area contributed by atoms with E-state index in [-0.39, 0.29) is 0 Å². The fraction of sp³-hybridized carbons (Fsp3) is 0.0870. The SMILES string of the molecule is O=c1c(=O)n2c3ccccc3nc2n(Cc2ccccc2)n1Cc1ccccc1. The normalized spacial score (nSPS) is 11.3. The van der Waals surface area contributed by atoms with Crippen LogP contribution < -0.4 is 11.1 Å². The van der Waals surface area contributed by atoms with Gasteiger partial charge in [-0.25, -0.2) is 18.7 Å². The lowest BCUT2D eigenvalue weighted by molar-refractivity contribution is 0.478. The number of hydrogen-bond acceptors (Lipinski definition) is 3. The number of imidazole rings is 1. The molecule has 0 bridgehead atoms. The van der Waals surface area contributed by atoms with Crippen molar-refractivity contribution in [3.05, 3.63) is 117 Å². The Labute approximate surface area is 165 Å². The van der Waals surface area contributed by atoms with Gasteiger partial charge >= 0.3 is 11.1 Å². The van der Waals surface area contributed by atoms with Gasteiger partial charge in [0.15, 0.2) is 0 Å². The lowest BCUT2D eigenvalue weighted by Crippen LogP contribution is -2.44. The van der Waals surface area contributed by atoms with Crippen LogP contribution in [0.4, 0.5) is 0 Å². The molecule has 3 aromatic carbocycles. The first kappa shape index (κ1) is 17.2. The highest BCUT2D eigenvalue weighted by molar-refractivity contribution is 5.79. The van der Waals surface area contributed by atoms with E-state index in [1.165, 1.54) is 9.08 Å². The number of rotatable bonds is 4. The topological polar surface area (TPSA) is 61.3 Å².